The molecule has 3 unspecified atom stereocenters. The van der Waals surface area contributed by atoms with Gasteiger partial charge in [-0.2, -0.15) is 0 Å². The SMILES string of the molecule is CCCCCCCCCCCCCCCCCCCC(=O)C(O)(CO)C(O)C(=O)C(I)CCCCCCCCCCCCCC. The summed E-state index contributed by atoms with van der Waals surface area (Å²) in [6.45, 7) is 3.58. The third kappa shape index (κ3) is 24.7. The Labute approximate surface area is 293 Å². The van der Waals surface area contributed by atoms with Crippen LogP contribution in [0.5, 0.6) is 0 Å². The summed E-state index contributed by atoms with van der Waals surface area (Å²) < 4.78 is -0.480. The Morgan fingerprint density at radius 1 is 0.533 bits per heavy atom. The zero-order chi connectivity index (χ0) is 33.4. The molecule has 0 aliphatic heterocycles. The van der Waals surface area contributed by atoms with Gasteiger partial charge in [-0.15, -0.1) is 0 Å². The van der Waals surface area contributed by atoms with Crippen LogP contribution < -0.4 is 0 Å². The van der Waals surface area contributed by atoms with Crippen LogP contribution in [0.15, 0.2) is 0 Å². The summed E-state index contributed by atoms with van der Waals surface area (Å²) in [6, 6.07) is 0. The smallest absolute Gasteiger partial charge is 0.178 e. The van der Waals surface area contributed by atoms with Crippen molar-refractivity contribution in [1.82, 2.24) is 0 Å². The van der Waals surface area contributed by atoms with Gasteiger partial charge in [0, 0.05) is 6.42 Å². The van der Waals surface area contributed by atoms with Gasteiger partial charge in [0.05, 0.1) is 10.5 Å². The number of carbonyl (C=O) groups excluding carboxylic acids is 2. The molecule has 0 aliphatic rings. The van der Waals surface area contributed by atoms with Crippen molar-refractivity contribution in [2.75, 3.05) is 6.61 Å². The van der Waals surface area contributed by atoms with Crippen LogP contribution >= 0.6 is 22.6 Å². The van der Waals surface area contributed by atoms with Gasteiger partial charge in [0.2, 0.25) is 0 Å². The summed E-state index contributed by atoms with van der Waals surface area (Å²) in [4.78, 5) is 25.6. The maximum Gasteiger partial charge on any atom is 0.178 e. The molecular formula is C39H75IO5. The number of Topliss-reactive ketones (excluding diaryl/α,β-unsaturated/α-hetero) is 2. The Morgan fingerprint density at radius 2 is 0.822 bits per heavy atom. The van der Waals surface area contributed by atoms with Crippen molar-refractivity contribution in [1.29, 1.82) is 0 Å². The minimum atomic E-state index is -2.40. The van der Waals surface area contributed by atoms with E-state index in [4.69, 9.17) is 0 Å². The van der Waals surface area contributed by atoms with Crippen molar-refractivity contribution in [2.24, 2.45) is 0 Å². The molecule has 0 spiro atoms. The molecule has 0 saturated heterocycles. The Kier molecular flexibility index (Phi) is 32.5. The molecule has 0 bridgehead atoms. The van der Waals surface area contributed by atoms with E-state index in [-0.39, 0.29) is 6.42 Å². The number of hydrogen-bond donors (Lipinski definition) is 3. The van der Waals surface area contributed by atoms with Crippen LogP contribution in [0.1, 0.15) is 213 Å². The quantitative estimate of drug-likeness (QED) is 0.0337. The molecule has 6 heteroatoms. The van der Waals surface area contributed by atoms with Gasteiger partial charge in [-0.3, -0.25) is 9.59 Å². The van der Waals surface area contributed by atoms with Crippen molar-refractivity contribution in [3.63, 3.8) is 0 Å². The molecule has 0 fully saturated rings. The van der Waals surface area contributed by atoms with Gasteiger partial charge < -0.3 is 15.3 Å². The van der Waals surface area contributed by atoms with Crippen LogP contribution in [-0.2, 0) is 9.59 Å². The highest BCUT2D eigenvalue weighted by Gasteiger charge is 2.46. The highest BCUT2D eigenvalue weighted by Crippen LogP contribution is 2.24. The molecule has 0 aromatic carbocycles. The third-order valence-corrected chi connectivity index (χ3v) is 10.8. The Bertz CT molecular complexity index is 672. The molecule has 5 nitrogen and oxygen atoms in total. The maximum atomic E-state index is 12.8. The number of hydrogen-bond acceptors (Lipinski definition) is 5. The zero-order valence-corrected chi connectivity index (χ0v) is 32.0. The summed E-state index contributed by atoms with van der Waals surface area (Å²) in [5.74, 6) is -1.17. The molecule has 0 aliphatic carbocycles. The molecule has 0 rings (SSSR count). The van der Waals surface area contributed by atoms with E-state index < -0.39 is 33.8 Å². The molecule has 0 aromatic rings. The van der Waals surface area contributed by atoms with Crippen LogP contribution in [-0.4, -0.2) is 49.1 Å². The fraction of sp³-hybridized carbons (Fsp3) is 0.949. The predicted octanol–water partition coefficient (Wildman–Crippen LogP) is 11.1. The molecule has 0 amide bonds. The van der Waals surface area contributed by atoms with Crippen molar-refractivity contribution in [3.8, 4) is 0 Å². The molecular weight excluding hydrogens is 675 g/mol. The van der Waals surface area contributed by atoms with Crippen LogP contribution in [0.25, 0.3) is 0 Å². The number of rotatable bonds is 36. The Hall–Kier alpha value is -0.0500. The monoisotopic (exact) mass is 750 g/mol. The second kappa shape index (κ2) is 32.5. The summed E-state index contributed by atoms with van der Waals surface area (Å²) >= 11 is 2.01. The van der Waals surface area contributed by atoms with Gasteiger partial charge in [-0.1, -0.05) is 216 Å². The number of unbranched alkanes of at least 4 members (excludes halogenated alkanes) is 27. The van der Waals surface area contributed by atoms with Gasteiger partial charge in [0.1, 0.15) is 0 Å². The highest BCUT2D eigenvalue weighted by atomic mass is 127. The van der Waals surface area contributed by atoms with E-state index in [1.807, 2.05) is 22.6 Å². The number of ketones is 2. The fourth-order valence-corrected chi connectivity index (χ4v) is 7.05. The Balaban J connectivity index is 3.91. The van der Waals surface area contributed by atoms with Crippen LogP contribution in [0.3, 0.4) is 0 Å². The standard InChI is InChI=1S/C39H75IO5/c1-3-5-7-9-11-13-15-17-18-19-20-21-23-25-27-29-31-33-36(42)39(45,34-41)38(44)37(43)35(40)32-30-28-26-24-22-16-14-12-10-8-6-4-2/h35,38,41,44-45H,3-34H2,1-2H3. The molecule has 0 saturated carbocycles. The van der Waals surface area contributed by atoms with E-state index in [1.165, 1.54) is 141 Å². The number of aliphatic hydroxyl groups excluding tert-OH is 2. The van der Waals surface area contributed by atoms with Crippen molar-refractivity contribution >= 4 is 34.2 Å². The number of alkyl halides is 1. The highest BCUT2D eigenvalue weighted by molar-refractivity contribution is 14.1. The predicted molar refractivity (Wildman–Crippen MR) is 200 cm³/mol. The molecule has 0 aromatic heterocycles. The first-order valence-electron chi connectivity index (χ1n) is 19.6. The average molecular weight is 751 g/mol. The van der Waals surface area contributed by atoms with Crippen LogP contribution in [0.4, 0.5) is 0 Å². The second-order valence-corrected chi connectivity index (χ2v) is 15.4. The lowest BCUT2D eigenvalue weighted by Crippen LogP contribution is -2.57. The molecule has 268 valence electrons. The summed E-state index contributed by atoms with van der Waals surface area (Å²) in [5, 5.41) is 31.2. The van der Waals surface area contributed by atoms with Gasteiger partial charge >= 0.3 is 0 Å². The molecule has 45 heavy (non-hydrogen) atoms. The van der Waals surface area contributed by atoms with Gasteiger partial charge in [0.25, 0.3) is 0 Å². The van der Waals surface area contributed by atoms with Crippen molar-refractivity contribution in [3.05, 3.63) is 0 Å². The summed E-state index contributed by atoms with van der Waals surface area (Å²) in [7, 11) is 0. The van der Waals surface area contributed by atoms with Gasteiger partial charge in [-0.25, -0.2) is 0 Å². The normalized spacial score (nSPS) is 14.4. The zero-order valence-electron chi connectivity index (χ0n) is 29.8. The van der Waals surface area contributed by atoms with Gasteiger partial charge in [0.15, 0.2) is 23.3 Å². The molecule has 0 heterocycles. The minimum Gasteiger partial charge on any atom is -0.393 e. The van der Waals surface area contributed by atoms with Gasteiger partial charge in [-0.05, 0) is 12.8 Å². The van der Waals surface area contributed by atoms with Crippen LogP contribution in [0, 0.1) is 0 Å². The maximum absolute atomic E-state index is 12.8. The largest absolute Gasteiger partial charge is 0.393 e. The number of halogens is 1. The first-order valence-corrected chi connectivity index (χ1v) is 20.8. The molecule has 3 N–H and O–H groups in total. The van der Waals surface area contributed by atoms with Crippen molar-refractivity contribution in [2.45, 2.75) is 229 Å². The van der Waals surface area contributed by atoms with E-state index in [9.17, 15) is 24.9 Å². The van der Waals surface area contributed by atoms with E-state index in [1.54, 1.807) is 0 Å². The van der Waals surface area contributed by atoms with E-state index >= 15 is 0 Å². The molecule has 0 radical (unpaired) electrons. The minimum absolute atomic E-state index is 0.0741. The van der Waals surface area contributed by atoms with E-state index in [0.29, 0.717) is 12.8 Å². The first kappa shape index (κ1) is 45.0. The lowest BCUT2D eigenvalue weighted by molar-refractivity contribution is -0.165. The van der Waals surface area contributed by atoms with E-state index in [2.05, 4.69) is 13.8 Å². The summed E-state index contributed by atoms with van der Waals surface area (Å²) in [6.07, 6.45) is 35.0. The average Bonchev–Trinajstić information content (AvgIpc) is 3.05. The first-order chi connectivity index (χ1) is 21.8. The fourth-order valence-electron chi connectivity index (χ4n) is 6.27. The van der Waals surface area contributed by atoms with E-state index in [0.717, 1.165) is 38.5 Å². The number of aliphatic hydroxyl groups is 3. The topological polar surface area (TPSA) is 94.8 Å². The Morgan fingerprint density at radius 3 is 1.13 bits per heavy atom. The van der Waals surface area contributed by atoms with Crippen LogP contribution in [0.2, 0.25) is 0 Å². The van der Waals surface area contributed by atoms with Crippen molar-refractivity contribution < 1.29 is 24.9 Å². The second-order valence-electron chi connectivity index (χ2n) is 13.9. The molecule has 3 atom stereocenters. The lowest BCUT2D eigenvalue weighted by atomic mass is 9.85. The lowest BCUT2D eigenvalue weighted by Gasteiger charge is -2.30. The third-order valence-electron chi connectivity index (χ3n) is 9.57. The number of carbonyl (C=O) groups is 2. The summed E-state index contributed by atoms with van der Waals surface area (Å²) in [5.41, 5.74) is -2.40.